The van der Waals surface area contributed by atoms with Crippen LogP contribution in [0.2, 0.25) is 6.04 Å². The molecule has 16 heteroatoms. The number of unbranched alkanes of at least 4 members (excludes halogenated alkanes) is 15. The highest BCUT2D eigenvalue weighted by molar-refractivity contribution is 6.65. The van der Waals surface area contributed by atoms with Gasteiger partial charge in [0.15, 0.2) is 0 Å². The highest BCUT2D eigenvalue weighted by atomic mass is 28.4. The molecule has 0 saturated heterocycles. The van der Waals surface area contributed by atoms with Gasteiger partial charge in [0, 0.05) is 0 Å². The highest BCUT2D eigenvalue weighted by Gasteiger charge is 2.62. The lowest BCUT2D eigenvalue weighted by molar-refractivity contribution is -0.209. The number of carbonyl (C=O) groups is 3. The molecule has 0 aromatic rings. The summed E-state index contributed by atoms with van der Waals surface area (Å²) in [6.07, 6.45) is -3.67. The van der Waals surface area contributed by atoms with E-state index in [2.05, 4.69) is 20.2 Å². The smallest absolute Gasteiger partial charge is 0.448 e. The van der Waals surface area contributed by atoms with E-state index in [0.29, 0.717) is 12.8 Å². The third-order valence-corrected chi connectivity index (χ3v) is 8.23. The van der Waals surface area contributed by atoms with Crippen LogP contribution in [0.25, 0.3) is 0 Å². The van der Waals surface area contributed by atoms with Crippen LogP contribution >= 0.6 is 0 Å². The van der Waals surface area contributed by atoms with E-state index in [0.717, 1.165) is 38.5 Å². The van der Waals surface area contributed by atoms with Gasteiger partial charge in [-0.1, -0.05) is 103 Å². The Bertz CT molecular complexity index is 685. The Morgan fingerprint density at radius 2 is 0.675 bits per heavy atom. The molecule has 0 aliphatic carbocycles. The highest BCUT2D eigenvalue weighted by Crippen LogP contribution is 2.31. The van der Waals surface area contributed by atoms with Crippen molar-refractivity contribution in [3.8, 4) is 0 Å². The van der Waals surface area contributed by atoms with Gasteiger partial charge in [0.05, 0.1) is 6.04 Å². The largest absolute Gasteiger partial charge is 0.705 e. The minimum atomic E-state index is -6.13. The lowest BCUT2D eigenvalue weighted by Crippen LogP contribution is -2.55. The molecule has 0 aromatic carbocycles. The molecule has 40 heavy (non-hydrogen) atoms. The van der Waals surface area contributed by atoms with E-state index in [1.807, 2.05) is 0 Å². The number of alkyl halides is 9. The summed E-state index contributed by atoms with van der Waals surface area (Å²) in [7, 11) is -6.13. The zero-order valence-electron chi connectivity index (χ0n) is 22.4. The van der Waals surface area contributed by atoms with Gasteiger partial charge < -0.3 is 13.3 Å². The lowest BCUT2D eigenvalue weighted by Gasteiger charge is -2.28. The van der Waals surface area contributed by atoms with E-state index in [1.165, 1.54) is 38.5 Å². The molecule has 0 aliphatic rings. The van der Waals surface area contributed by atoms with Crippen LogP contribution in [-0.4, -0.2) is 45.2 Å². The summed E-state index contributed by atoms with van der Waals surface area (Å²) in [6.45, 7) is 2.16. The second-order valence-corrected chi connectivity index (χ2v) is 11.9. The Labute approximate surface area is 228 Å². The van der Waals surface area contributed by atoms with E-state index >= 15 is 0 Å². The molecule has 0 atom stereocenters. The molecule has 0 fully saturated rings. The molecule has 0 bridgehead atoms. The van der Waals surface area contributed by atoms with Gasteiger partial charge in [0.2, 0.25) is 0 Å². The Balaban J connectivity index is 4.82. The average Bonchev–Trinajstić information content (AvgIpc) is 2.81. The summed E-state index contributed by atoms with van der Waals surface area (Å²) in [5.74, 6) is -9.79. The minimum absolute atomic E-state index is 0.0590. The average molecular weight is 621 g/mol. The standard InChI is InChI=1S/C24H37F9O6Si/c1-2-3-4-5-6-7-8-9-10-11-12-13-14-15-16-17-18-40(37-19(34)22(25,26)27,38-20(35)23(28,29)30)39-21(36)24(31,32)33/h2-18H2,1H3. The first-order valence-corrected chi connectivity index (χ1v) is 15.3. The molecule has 0 heterocycles. The fourth-order valence-electron chi connectivity index (χ4n) is 3.70. The maximum Gasteiger partial charge on any atom is 0.705 e. The summed E-state index contributed by atoms with van der Waals surface area (Å²) >= 11 is 0. The molecule has 0 amide bonds. The zero-order valence-corrected chi connectivity index (χ0v) is 23.4. The van der Waals surface area contributed by atoms with Crippen LogP contribution in [0.4, 0.5) is 39.5 Å². The van der Waals surface area contributed by atoms with Crippen LogP contribution in [0.3, 0.4) is 0 Å². The second-order valence-electron chi connectivity index (χ2n) is 9.40. The Hall–Kier alpha value is -2.00. The van der Waals surface area contributed by atoms with Crippen molar-refractivity contribution in [1.29, 1.82) is 0 Å². The van der Waals surface area contributed by atoms with Gasteiger partial charge in [0.1, 0.15) is 0 Å². The third kappa shape index (κ3) is 17.6. The van der Waals surface area contributed by atoms with Gasteiger partial charge in [-0.25, -0.2) is 14.4 Å². The molecule has 0 radical (unpaired) electrons. The van der Waals surface area contributed by atoms with Gasteiger partial charge in [-0.3, -0.25) is 0 Å². The predicted octanol–water partition coefficient (Wildman–Crippen LogP) is 8.50. The number of halogens is 9. The van der Waals surface area contributed by atoms with E-state index < -0.39 is 57.7 Å². The van der Waals surface area contributed by atoms with E-state index in [-0.39, 0.29) is 6.42 Å². The monoisotopic (exact) mass is 620 g/mol. The topological polar surface area (TPSA) is 78.9 Å². The Morgan fingerprint density at radius 1 is 0.450 bits per heavy atom. The van der Waals surface area contributed by atoms with Crippen LogP contribution in [-0.2, 0) is 27.7 Å². The Morgan fingerprint density at radius 3 is 0.900 bits per heavy atom. The third-order valence-electron chi connectivity index (χ3n) is 5.78. The summed E-state index contributed by atoms with van der Waals surface area (Å²) < 4.78 is 125. The van der Waals surface area contributed by atoms with E-state index in [4.69, 9.17) is 0 Å². The first-order chi connectivity index (χ1) is 18.4. The molecule has 0 rings (SSSR count). The predicted molar refractivity (Wildman–Crippen MR) is 127 cm³/mol. The molecule has 0 unspecified atom stereocenters. The zero-order chi connectivity index (χ0) is 30.9. The molecule has 0 aromatic heterocycles. The lowest BCUT2D eigenvalue weighted by atomic mass is 10.0. The fraction of sp³-hybridized carbons (Fsp3) is 0.875. The molecule has 236 valence electrons. The van der Waals surface area contributed by atoms with Crippen molar-refractivity contribution >= 4 is 26.7 Å². The number of hydrogen-bond acceptors (Lipinski definition) is 6. The number of hydrogen-bond donors (Lipinski definition) is 0. The molecule has 0 saturated carbocycles. The number of rotatable bonds is 20. The van der Waals surface area contributed by atoms with Crippen LogP contribution in [0, 0.1) is 0 Å². The van der Waals surface area contributed by atoms with Crippen molar-refractivity contribution in [2.75, 3.05) is 0 Å². The van der Waals surface area contributed by atoms with Gasteiger partial charge >= 0.3 is 45.2 Å². The fourth-order valence-corrected chi connectivity index (χ4v) is 6.01. The first-order valence-electron chi connectivity index (χ1n) is 13.3. The van der Waals surface area contributed by atoms with Crippen molar-refractivity contribution in [3.63, 3.8) is 0 Å². The van der Waals surface area contributed by atoms with Crippen LogP contribution in [0.15, 0.2) is 0 Å². The molecule has 0 aliphatic heterocycles. The normalized spacial score (nSPS) is 12.8. The van der Waals surface area contributed by atoms with Crippen molar-refractivity contribution in [2.24, 2.45) is 0 Å². The number of carbonyl (C=O) groups excluding carboxylic acids is 3. The maximum absolute atomic E-state index is 12.7. The van der Waals surface area contributed by atoms with Gasteiger partial charge in [0.25, 0.3) is 0 Å². The summed E-state index contributed by atoms with van der Waals surface area (Å²) in [5, 5.41) is 0. The molecule has 0 N–H and O–H groups in total. The quantitative estimate of drug-likeness (QED) is 0.0772. The van der Waals surface area contributed by atoms with Gasteiger partial charge in [-0.05, 0) is 6.42 Å². The van der Waals surface area contributed by atoms with Crippen LogP contribution in [0.1, 0.15) is 110 Å². The summed E-state index contributed by atoms with van der Waals surface area (Å²) in [4.78, 5) is 33.8. The minimum Gasteiger partial charge on any atom is -0.448 e. The van der Waals surface area contributed by atoms with Gasteiger partial charge in [-0.15, -0.1) is 0 Å². The van der Waals surface area contributed by atoms with Crippen molar-refractivity contribution in [2.45, 2.75) is 134 Å². The molecular weight excluding hydrogens is 583 g/mol. The van der Waals surface area contributed by atoms with Crippen molar-refractivity contribution in [1.82, 2.24) is 0 Å². The second kappa shape index (κ2) is 18.4. The molecular formula is C24H37F9O6Si. The van der Waals surface area contributed by atoms with Crippen LogP contribution < -0.4 is 0 Å². The van der Waals surface area contributed by atoms with Crippen LogP contribution in [0.5, 0.6) is 0 Å². The summed E-state index contributed by atoms with van der Waals surface area (Å²) in [6, 6.07) is -1.25. The van der Waals surface area contributed by atoms with Crippen molar-refractivity contribution < 1.29 is 67.2 Å². The first kappa shape index (κ1) is 38.0. The SMILES string of the molecule is CCCCCCCCCCCCCCCCCC[Si](OC(=O)C(F)(F)F)(OC(=O)C(F)(F)F)OC(=O)C(F)(F)F. The summed E-state index contributed by atoms with van der Waals surface area (Å²) in [5.41, 5.74) is 0. The van der Waals surface area contributed by atoms with Gasteiger partial charge in [-0.2, -0.15) is 39.5 Å². The van der Waals surface area contributed by atoms with Crippen molar-refractivity contribution in [3.05, 3.63) is 0 Å². The maximum atomic E-state index is 12.7. The Kier molecular flexibility index (Phi) is 17.5. The molecule has 0 spiro atoms. The van der Waals surface area contributed by atoms with E-state index in [1.54, 1.807) is 0 Å². The molecule has 6 nitrogen and oxygen atoms in total. The van der Waals surface area contributed by atoms with E-state index in [9.17, 15) is 53.9 Å².